The van der Waals surface area contributed by atoms with Crippen LogP contribution in [0.3, 0.4) is 0 Å². The highest BCUT2D eigenvalue weighted by Gasteiger charge is 2.25. The number of amides is 1. The molecule has 0 spiro atoms. The summed E-state index contributed by atoms with van der Waals surface area (Å²) >= 11 is 9.54. The fourth-order valence-electron chi connectivity index (χ4n) is 3.40. The van der Waals surface area contributed by atoms with Crippen LogP contribution < -0.4 is 14.8 Å². The highest BCUT2D eigenvalue weighted by Crippen LogP contribution is 2.38. The van der Waals surface area contributed by atoms with E-state index in [1.165, 1.54) is 13.0 Å². The molecular formula is C27H20BrClN2O6. The van der Waals surface area contributed by atoms with Crippen molar-refractivity contribution in [1.82, 2.24) is 0 Å². The van der Waals surface area contributed by atoms with Gasteiger partial charge in [-0.05, 0) is 83.0 Å². The van der Waals surface area contributed by atoms with Crippen LogP contribution in [-0.2, 0) is 14.3 Å². The van der Waals surface area contributed by atoms with Gasteiger partial charge in [0.1, 0.15) is 0 Å². The minimum atomic E-state index is -0.642. The zero-order chi connectivity index (χ0) is 26.5. The fourth-order valence-corrected chi connectivity index (χ4v) is 4.15. The fraction of sp³-hybridized carbons (Fsp3) is 0.111. The molecule has 0 unspecified atom stereocenters. The van der Waals surface area contributed by atoms with Gasteiger partial charge >= 0.3 is 11.9 Å². The molecular weight excluding hydrogens is 564 g/mol. The number of hydrogen-bond acceptors (Lipinski definition) is 7. The van der Waals surface area contributed by atoms with Crippen LogP contribution in [0.4, 0.5) is 5.69 Å². The van der Waals surface area contributed by atoms with Crippen molar-refractivity contribution in [2.75, 3.05) is 11.9 Å². The summed E-state index contributed by atoms with van der Waals surface area (Å²) in [6.07, 6.45) is 1.54. The normalized spacial score (nSPS) is 13.7. The summed E-state index contributed by atoms with van der Waals surface area (Å²) in [5.74, 6) is -0.856. The Kier molecular flexibility index (Phi) is 8.05. The molecule has 3 aromatic carbocycles. The third-order valence-electron chi connectivity index (χ3n) is 5.00. The summed E-state index contributed by atoms with van der Waals surface area (Å²) < 4.78 is 17.0. The molecule has 8 nitrogen and oxygen atoms in total. The van der Waals surface area contributed by atoms with Crippen LogP contribution in [0, 0.1) is 0 Å². The van der Waals surface area contributed by atoms with Crippen LogP contribution >= 0.6 is 27.5 Å². The number of carbonyl (C=O) groups is 3. The number of esters is 2. The number of halogens is 2. The van der Waals surface area contributed by atoms with Crippen molar-refractivity contribution in [1.29, 1.82) is 0 Å². The van der Waals surface area contributed by atoms with E-state index < -0.39 is 11.9 Å². The van der Waals surface area contributed by atoms with Crippen LogP contribution in [-0.4, -0.2) is 30.4 Å². The lowest BCUT2D eigenvalue weighted by Crippen LogP contribution is -2.11. The van der Waals surface area contributed by atoms with Gasteiger partial charge in [0.15, 0.2) is 17.2 Å². The van der Waals surface area contributed by atoms with Gasteiger partial charge in [0, 0.05) is 18.2 Å². The van der Waals surface area contributed by atoms with Crippen LogP contribution in [0.1, 0.15) is 35.3 Å². The monoisotopic (exact) mass is 582 g/mol. The molecule has 0 aromatic heterocycles. The molecule has 1 aliphatic heterocycles. The maximum Gasteiger partial charge on any atom is 0.363 e. The number of nitrogens with one attached hydrogen (secondary N) is 1. The Hall–Kier alpha value is -3.95. The summed E-state index contributed by atoms with van der Waals surface area (Å²) in [7, 11) is 0. The predicted octanol–water partition coefficient (Wildman–Crippen LogP) is 6.02. The molecule has 0 atom stereocenters. The Morgan fingerprint density at radius 3 is 2.54 bits per heavy atom. The number of cyclic esters (lactones) is 1. The van der Waals surface area contributed by atoms with Crippen molar-refractivity contribution >= 4 is 63.0 Å². The molecule has 1 amide bonds. The molecule has 0 radical (unpaired) electrons. The average molecular weight is 584 g/mol. The van der Waals surface area contributed by atoms with Crippen LogP contribution in [0.15, 0.2) is 75.8 Å². The standard InChI is InChI=1S/C27H20BrClN2O6/c1-3-35-23-14-16(12-20(28)24(23)36-26(33)19-6-4-5-7-21(19)29)13-22-27(34)37-25(31-22)17-8-10-18(11-9-17)30-15(2)32/h4-14H,3H2,1-2H3,(H,30,32)/b22-13-. The van der Waals surface area contributed by atoms with Crippen LogP contribution in [0.25, 0.3) is 6.08 Å². The van der Waals surface area contributed by atoms with Gasteiger partial charge < -0.3 is 19.5 Å². The zero-order valence-corrected chi connectivity index (χ0v) is 22.1. The smallest absolute Gasteiger partial charge is 0.363 e. The Morgan fingerprint density at radius 1 is 1.14 bits per heavy atom. The van der Waals surface area contributed by atoms with Gasteiger partial charge in [-0.2, -0.15) is 0 Å². The molecule has 4 rings (SSSR count). The van der Waals surface area contributed by atoms with E-state index in [0.717, 1.165) is 0 Å². The van der Waals surface area contributed by atoms with Crippen molar-refractivity contribution in [3.05, 3.63) is 92.5 Å². The number of carbonyl (C=O) groups excluding carboxylic acids is 3. The summed E-state index contributed by atoms with van der Waals surface area (Å²) in [5, 5.41) is 2.93. The van der Waals surface area contributed by atoms with Crippen LogP contribution in [0.5, 0.6) is 11.5 Å². The van der Waals surface area contributed by atoms with E-state index in [4.69, 9.17) is 25.8 Å². The van der Waals surface area contributed by atoms with Crippen LogP contribution in [0.2, 0.25) is 5.02 Å². The first-order valence-corrected chi connectivity index (χ1v) is 12.3. The number of hydrogen-bond donors (Lipinski definition) is 1. The first-order valence-electron chi connectivity index (χ1n) is 11.1. The SMILES string of the molecule is CCOc1cc(/C=C2\N=C(c3ccc(NC(C)=O)cc3)OC2=O)cc(Br)c1OC(=O)c1ccccc1Cl. The molecule has 0 saturated heterocycles. The maximum absolute atomic E-state index is 12.7. The van der Waals surface area contributed by atoms with Crippen molar-refractivity contribution < 1.29 is 28.6 Å². The van der Waals surface area contributed by atoms with E-state index in [9.17, 15) is 14.4 Å². The van der Waals surface area contributed by atoms with Gasteiger partial charge in [-0.15, -0.1) is 0 Å². The Bertz CT molecular complexity index is 1450. The molecule has 1 aliphatic rings. The van der Waals surface area contributed by atoms with Crippen molar-refractivity contribution in [2.45, 2.75) is 13.8 Å². The highest BCUT2D eigenvalue weighted by atomic mass is 79.9. The molecule has 37 heavy (non-hydrogen) atoms. The number of benzene rings is 3. The lowest BCUT2D eigenvalue weighted by Gasteiger charge is -2.14. The second-order valence-corrected chi connectivity index (χ2v) is 8.99. The minimum Gasteiger partial charge on any atom is -0.490 e. The predicted molar refractivity (Wildman–Crippen MR) is 143 cm³/mol. The van der Waals surface area contributed by atoms with Gasteiger partial charge in [-0.25, -0.2) is 14.6 Å². The second-order valence-electron chi connectivity index (χ2n) is 7.73. The number of rotatable bonds is 7. The van der Waals surface area contributed by atoms with E-state index in [1.807, 2.05) is 0 Å². The molecule has 1 heterocycles. The van der Waals surface area contributed by atoms with Crippen molar-refractivity contribution in [3.8, 4) is 11.5 Å². The van der Waals surface area contributed by atoms with Crippen molar-refractivity contribution in [2.24, 2.45) is 4.99 Å². The van der Waals surface area contributed by atoms with E-state index in [1.54, 1.807) is 67.6 Å². The lowest BCUT2D eigenvalue weighted by atomic mass is 10.1. The van der Waals surface area contributed by atoms with E-state index >= 15 is 0 Å². The number of anilines is 1. The Morgan fingerprint density at radius 2 is 1.86 bits per heavy atom. The number of aliphatic imine (C=N–C) groups is 1. The first kappa shape index (κ1) is 26.1. The average Bonchev–Trinajstić information content (AvgIpc) is 3.21. The number of nitrogens with zero attached hydrogens (tertiary/aromatic N) is 1. The molecule has 1 N–H and O–H groups in total. The summed E-state index contributed by atoms with van der Waals surface area (Å²) in [4.78, 5) is 40.7. The lowest BCUT2D eigenvalue weighted by molar-refractivity contribution is -0.130. The van der Waals surface area contributed by atoms with E-state index in [-0.39, 0.29) is 39.6 Å². The Balaban J connectivity index is 1.61. The van der Waals surface area contributed by atoms with E-state index in [0.29, 0.717) is 27.9 Å². The summed E-state index contributed by atoms with van der Waals surface area (Å²) in [6.45, 7) is 3.52. The third-order valence-corrected chi connectivity index (χ3v) is 5.91. The zero-order valence-electron chi connectivity index (χ0n) is 19.7. The quantitative estimate of drug-likeness (QED) is 0.207. The van der Waals surface area contributed by atoms with Gasteiger partial charge in [0.05, 0.1) is 21.7 Å². The largest absolute Gasteiger partial charge is 0.490 e. The molecule has 188 valence electrons. The second kappa shape index (κ2) is 11.4. The van der Waals surface area contributed by atoms with Crippen molar-refractivity contribution in [3.63, 3.8) is 0 Å². The van der Waals surface area contributed by atoms with Gasteiger partial charge in [-0.1, -0.05) is 23.7 Å². The van der Waals surface area contributed by atoms with Gasteiger partial charge in [0.2, 0.25) is 11.8 Å². The molecule has 0 bridgehead atoms. The minimum absolute atomic E-state index is 0.0797. The highest BCUT2D eigenvalue weighted by molar-refractivity contribution is 9.10. The number of ether oxygens (including phenoxy) is 3. The third kappa shape index (κ3) is 6.25. The molecule has 0 saturated carbocycles. The Labute approximate surface area is 226 Å². The van der Waals surface area contributed by atoms with Gasteiger partial charge in [-0.3, -0.25) is 4.79 Å². The topological polar surface area (TPSA) is 103 Å². The molecule has 0 aliphatic carbocycles. The van der Waals surface area contributed by atoms with E-state index in [2.05, 4.69) is 26.2 Å². The maximum atomic E-state index is 12.7. The molecule has 3 aromatic rings. The first-order chi connectivity index (χ1) is 17.7. The summed E-state index contributed by atoms with van der Waals surface area (Å²) in [6, 6.07) is 16.6. The van der Waals surface area contributed by atoms with Gasteiger partial charge in [0.25, 0.3) is 0 Å². The molecule has 0 fully saturated rings. The summed E-state index contributed by atoms with van der Waals surface area (Å²) in [5.41, 5.74) is 2.04. The molecule has 10 heteroatoms.